The molecule has 0 aromatic rings. The molecule has 0 amide bonds. The van der Waals surface area contributed by atoms with Crippen molar-refractivity contribution in [1.29, 1.82) is 0 Å². The van der Waals surface area contributed by atoms with E-state index >= 15 is 0 Å². The summed E-state index contributed by atoms with van der Waals surface area (Å²) < 4.78 is 5.62. The molecule has 2 atom stereocenters. The van der Waals surface area contributed by atoms with Gasteiger partial charge in [0.15, 0.2) is 0 Å². The maximum Gasteiger partial charge on any atom is 0.0622 e. The minimum Gasteiger partial charge on any atom is -0.378 e. The number of nitrogens with zero attached hydrogens (tertiary/aromatic N) is 1. The molecule has 2 heterocycles. The van der Waals surface area contributed by atoms with Crippen LogP contribution in [0.15, 0.2) is 0 Å². The van der Waals surface area contributed by atoms with Gasteiger partial charge in [-0.05, 0) is 32.6 Å². The van der Waals surface area contributed by atoms with Crippen LogP contribution < -0.4 is 0 Å². The lowest BCUT2D eigenvalue weighted by Crippen LogP contribution is -2.58. The molecule has 14 heavy (non-hydrogen) atoms. The van der Waals surface area contributed by atoms with Crippen LogP contribution >= 0.6 is 0 Å². The number of ether oxygens (including phenoxy) is 1. The Labute approximate surface area is 87.6 Å². The van der Waals surface area contributed by atoms with Gasteiger partial charge < -0.3 is 4.74 Å². The first-order valence-corrected chi connectivity index (χ1v) is 5.89. The van der Waals surface area contributed by atoms with Crippen molar-refractivity contribution in [2.75, 3.05) is 13.2 Å². The second kappa shape index (κ2) is 3.49. The maximum absolute atomic E-state index is 5.62. The molecule has 0 radical (unpaired) electrons. The lowest BCUT2D eigenvalue weighted by Gasteiger charge is -2.48. The molecule has 0 saturated carbocycles. The molecule has 2 nitrogen and oxygen atoms in total. The van der Waals surface area contributed by atoms with Gasteiger partial charge in [-0.1, -0.05) is 13.8 Å². The fourth-order valence-electron chi connectivity index (χ4n) is 2.87. The van der Waals surface area contributed by atoms with Crippen LogP contribution in [-0.4, -0.2) is 35.7 Å². The van der Waals surface area contributed by atoms with Crippen LogP contribution in [0.1, 0.15) is 40.5 Å². The van der Waals surface area contributed by atoms with Crippen molar-refractivity contribution in [3.8, 4) is 0 Å². The third-order valence-electron chi connectivity index (χ3n) is 4.32. The highest BCUT2D eigenvalue weighted by atomic mass is 16.5. The molecule has 0 aromatic carbocycles. The van der Waals surface area contributed by atoms with E-state index in [0.717, 1.165) is 13.2 Å². The van der Waals surface area contributed by atoms with Crippen molar-refractivity contribution in [3.63, 3.8) is 0 Å². The first kappa shape index (κ1) is 10.4. The van der Waals surface area contributed by atoms with E-state index in [0.29, 0.717) is 23.5 Å². The predicted molar refractivity (Wildman–Crippen MR) is 58.4 cm³/mol. The van der Waals surface area contributed by atoms with Gasteiger partial charge in [-0.15, -0.1) is 0 Å². The van der Waals surface area contributed by atoms with Crippen LogP contribution in [0.25, 0.3) is 0 Å². The SMILES string of the molecule is CC(C)C(C)(C)N1C2CCC1COC2. The first-order valence-electron chi connectivity index (χ1n) is 5.89. The van der Waals surface area contributed by atoms with Crippen molar-refractivity contribution in [2.45, 2.75) is 58.2 Å². The Kier molecular flexibility index (Phi) is 2.61. The zero-order valence-electron chi connectivity index (χ0n) is 9.92. The smallest absolute Gasteiger partial charge is 0.0622 e. The molecule has 2 aliphatic rings. The molecule has 0 N–H and O–H groups in total. The normalized spacial score (nSPS) is 34.1. The van der Waals surface area contributed by atoms with Gasteiger partial charge in [0.25, 0.3) is 0 Å². The Balaban J connectivity index is 2.17. The monoisotopic (exact) mass is 197 g/mol. The summed E-state index contributed by atoms with van der Waals surface area (Å²) in [5.41, 5.74) is 0.329. The fourth-order valence-corrected chi connectivity index (χ4v) is 2.87. The Bertz CT molecular complexity index is 196. The van der Waals surface area contributed by atoms with Crippen LogP contribution in [0.5, 0.6) is 0 Å². The van der Waals surface area contributed by atoms with Crippen LogP contribution in [0.3, 0.4) is 0 Å². The number of hydrogen-bond acceptors (Lipinski definition) is 2. The van der Waals surface area contributed by atoms with E-state index in [4.69, 9.17) is 4.74 Å². The molecule has 82 valence electrons. The summed E-state index contributed by atoms with van der Waals surface area (Å²) in [5, 5.41) is 0. The van der Waals surface area contributed by atoms with Crippen molar-refractivity contribution >= 4 is 0 Å². The largest absolute Gasteiger partial charge is 0.378 e. The topological polar surface area (TPSA) is 12.5 Å². The van der Waals surface area contributed by atoms with Crippen molar-refractivity contribution in [2.24, 2.45) is 5.92 Å². The summed E-state index contributed by atoms with van der Waals surface area (Å²) in [4.78, 5) is 2.72. The molecule has 0 aliphatic carbocycles. The van der Waals surface area contributed by atoms with E-state index in [1.807, 2.05) is 0 Å². The Hall–Kier alpha value is -0.0800. The molecule has 0 spiro atoms. The molecule has 0 aromatic heterocycles. The van der Waals surface area contributed by atoms with E-state index in [1.54, 1.807) is 0 Å². The van der Waals surface area contributed by atoms with Crippen LogP contribution in [-0.2, 0) is 4.74 Å². The summed E-state index contributed by atoms with van der Waals surface area (Å²) in [6, 6.07) is 1.37. The van der Waals surface area contributed by atoms with Gasteiger partial charge in [-0.2, -0.15) is 0 Å². The van der Waals surface area contributed by atoms with Gasteiger partial charge in [-0.3, -0.25) is 4.90 Å². The average Bonchev–Trinajstić information content (AvgIpc) is 2.38. The highest BCUT2D eigenvalue weighted by Gasteiger charge is 2.45. The zero-order valence-corrected chi connectivity index (χ0v) is 9.92. The molecule has 2 fully saturated rings. The highest BCUT2D eigenvalue weighted by molar-refractivity contribution is 4.99. The number of hydrogen-bond donors (Lipinski definition) is 0. The Morgan fingerprint density at radius 3 is 2.07 bits per heavy atom. The van der Waals surface area contributed by atoms with Gasteiger partial charge in [0.1, 0.15) is 0 Å². The van der Waals surface area contributed by atoms with Crippen molar-refractivity contribution < 1.29 is 4.74 Å². The van der Waals surface area contributed by atoms with Crippen LogP contribution in [0.4, 0.5) is 0 Å². The van der Waals surface area contributed by atoms with Crippen LogP contribution in [0, 0.1) is 5.92 Å². The molecule has 2 saturated heterocycles. The van der Waals surface area contributed by atoms with Gasteiger partial charge >= 0.3 is 0 Å². The van der Waals surface area contributed by atoms with Crippen LogP contribution in [0.2, 0.25) is 0 Å². The second-order valence-corrected chi connectivity index (χ2v) is 5.64. The minimum atomic E-state index is 0.329. The summed E-state index contributed by atoms with van der Waals surface area (Å²) >= 11 is 0. The van der Waals surface area contributed by atoms with E-state index < -0.39 is 0 Å². The van der Waals surface area contributed by atoms with Gasteiger partial charge in [0.05, 0.1) is 13.2 Å². The van der Waals surface area contributed by atoms with E-state index in [1.165, 1.54) is 12.8 Å². The maximum atomic E-state index is 5.62. The second-order valence-electron chi connectivity index (χ2n) is 5.64. The van der Waals surface area contributed by atoms with E-state index in [-0.39, 0.29) is 0 Å². The summed E-state index contributed by atoms with van der Waals surface area (Å²) in [5.74, 6) is 0.712. The molecule has 2 unspecified atom stereocenters. The molecule has 2 rings (SSSR count). The van der Waals surface area contributed by atoms with Gasteiger partial charge in [0.2, 0.25) is 0 Å². The number of morpholine rings is 1. The fraction of sp³-hybridized carbons (Fsp3) is 1.00. The van der Waals surface area contributed by atoms with Crippen molar-refractivity contribution in [1.82, 2.24) is 4.90 Å². The van der Waals surface area contributed by atoms with Gasteiger partial charge in [0, 0.05) is 17.6 Å². The van der Waals surface area contributed by atoms with Crippen molar-refractivity contribution in [3.05, 3.63) is 0 Å². The lowest BCUT2D eigenvalue weighted by atomic mass is 9.87. The minimum absolute atomic E-state index is 0.329. The summed E-state index contributed by atoms with van der Waals surface area (Å²) in [6.45, 7) is 11.3. The quantitative estimate of drug-likeness (QED) is 0.673. The first-order chi connectivity index (χ1) is 6.53. The third kappa shape index (κ3) is 1.49. The molecule has 2 bridgehead atoms. The van der Waals surface area contributed by atoms with E-state index in [9.17, 15) is 0 Å². The van der Waals surface area contributed by atoms with E-state index in [2.05, 4.69) is 32.6 Å². The number of rotatable bonds is 2. The summed E-state index contributed by atoms with van der Waals surface area (Å²) in [6.07, 6.45) is 2.67. The Morgan fingerprint density at radius 1 is 1.14 bits per heavy atom. The standard InChI is InChI=1S/C12H23NO/c1-9(2)12(3,4)13-10-5-6-11(13)8-14-7-10/h9-11H,5-8H2,1-4H3. The molecular formula is C12H23NO. The summed E-state index contributed by atoms with van der Waals surface area (Å²) in [7, 11) is 0. The lowest BCUT2D eigenvalue weighted by molar-refractivity contribution is -0.0758. The Morgan fingerprint density at radius 2 is 1.64 bits per heavy atom. The number of fused-ring (bicyclic) bond motifs is 2. The molecule has 2 aliphatic heterocycles. The zero-order chi connectivity index (χ0) is 10.3. The highest BCUT2D eigenvalue weighted by Crippen LogP contribution is 2.38. The molecular weight excluding hydrogens is 174 g/mol. The third-order valence-corrected chi connectivity index (χ3v) is 4.32. The predicted octanol–water partition coefficient (Wildman–Crippen LogP) is 2.28. The molecule has 2 heteroatoms. The van der Waals surface area contributed by atoms with Gasteiger partial charge in [-0.25, -0.2) is 0 Å². The average molecular weight is 197 g/mol.